The Kier molecular flexibility index (Phi) is 4.39. The van der Waals surface area contributed by atoms with Crippen LogP contribution >= 0.6 is 15.9 Å². The predicted octanol–water partition coefficient (Wildman–Crippen LogP) is 3.33. The number of hydrogen-bond donors (Lipinski definition) is 2. The van der Waals surface area contributed by atoms with Crippen molar-refractivity contribution in [2.75, 3.05) is 16.3 Å². The van der Waals surface area contributed by atoms with Gasteiger partial charge in [0.05, 0.1) is 18.5 Å². The third kappa shape index (κ3) is 4.28. The van der Waals surface area contributed by atoms with Gasteiger partial charge in [0.2, 0.25) is 10.0 Å². The van der Waals surface area contributed by atoms with E-state index in [9.17, 15) is 8.42 Å². The molecular weight excluding hydrogens is 344 g/mol. The molecule has 0 fully saturated rings. The summed E-state index contributed by atoms with van der Waals surface area (Å²) in [5, 5.41) is 3.21. The predicted molar refractivity (Wildman–Crippen MR) is 83.4 cm³/mol. The second-order valence-corrected chi connectivity index (χ2v) is 6.99. The van der Waals surface area contributed by atoms with Gasteiger partial charge in [0.1, 0.15) is 5.76 Å². The Morgan fingerprint density at radius 3 is 2.55 bits per heavy atom. The first-order valence-corrected chi connectivity index (χ1v) is 8.58. The van der Waals surface area contributed by atoms with Crippen LogP contribution in [0.1, 0.15) is 11.3 Å². The first kappa shape index (κ1) is 14.9. The van der Waals surface area contributed by atoms with Crippen molar-refractivity contribution in [1.29, 1.82) is 0 Å². The van der Waals surface area contributed by atoms with Crippen LogP contribution in [0.2, 0.25) is 0 Å². The molecule has 1 heterocycles. The topological polar surface area (TPSA) is 71.3 Å². The van der Waals surface area contributed by atoms with Crippen molar-refractivity contribution in [3.05, 3.63) is 46.3 Å². The van der Waals surface area contributed by atoms with Crippen molar-refractivity contribution < 1.29 is 12.8 Å². The number of sulfonamides is 1. The number of benzene rings is 1. The minimum atomic E-state index is -3.26. The van der Waals surface area contributed by atoms with Crippen LogP contribution in [0, 0.1) is 6.92 Å². The Bertz CT molecular complexity index is 710. The van der Waals surface area contributed by atoms with Crippen LogP contribution in [0.5, 0.6) is 0 Å². The molecule has 0 saturated heterocycles. The molecular formula is C13H15BrN2O3S. The molecule has 1 aromatic carbocycles. The average Bonchev–Trinajstić information content (AvgIpc) is 2.74. The van der Waals surface area contributed by atoms with Gasteiger partial charge in [-0.15, -0.1) is 0 Å². The van der Waals surface area contributed by atoms with Crippen molar-refractivity contribution in [3.63, 3.8) is 0 Å². The van der Waals surface area contributed by atoms with Gasteiger partial charge in [0.15, 0.2) is 4.67 Å². The Morgan fingerprint density at radius 1 is 1.25 bits per heavy atom. The molecule has 0 radical (unpaired) electrons. The maximum absolute atomic E-state index is 11.2. The fraction of sp³-hybridized carbons (Fsp3) is 0.231. The first-order chi connectivity index (χ1) is 9.33. The maximum Gasteiger partial charge on any atom is 0.229 e. The van der Waals surface area contributed by atoms with Gasteiger partial charge in [-0.3, -0.25) is 4.72 Å². The second kappa shape index (κ2) is 5.88. The molecule has 2 N–H and O–H groups in total. The molecule has 7 heteroatoms. The van der Waals surface area contributed by atoms with E-state index in [1.54, 1.807) is 6.07 Å². The molecule has 0 unspecified atom stereocenters. The molecule has 2 rings (SSSR count). The van der Waals surface area contributed by atoms with E-state index < -0.39 is 10.0 Å². The van der Waals surface area contributed by atoms with Crippen LogP contribution in [0.4, 0.5) is 11.4 Å². The fourth-order valence-corrected chi connectivity index (χ4v) is 2.69. The van der Waals surface area contributed by atoms with Crippen LogP contribution < -0.4 is 10.0 Å². The number of rotatable bonds is 5. The van der Waals surface area contributed by atoms with Gasteiger partial charge >= 0.3 is 0 Å². The second-order valence-electron chi connectivity index (χ2n) is 4.46. The number of nitrogens with one attached hydrogen (secondary N) is 2. The largest absolute Gasteiger partial charge is 0.452 e. The van der Waals surface area contributed by atoms with Gasteiger partial charge in [-0.1, -0.05) is 0 Å². The lowest BCUT2D eigenvalue weighted by molar-refractivity contribution is 0.495. The summed E-state index contributed by atoms with van der Waals surface area (Å²) >= 11 is 3.25. The molecule has 2 aromatic rings. The van der Waals surface area contributed by atoms with E-state index in [1.165, 1.54) is 0 Å². The minimum Gasteiger partial charge on any atom is -0.452 e. The summed E-state index contributed by atoms with van der Waals surface area (Å²) in [6.07, 6.45) is 1.13. The van der Waals surface area contributed by atoms with Crippen LogP contribution in [-0.2, 0) is 16.6 Å². The smallest absolute Gasteiger partial charge is 0.229 e. The number of aryl methyl sites for hydroxylation is 1. The summed E-state index contributed by atoms with van der Waals surface area (Å²) in [6, 6.07) is 9.14. The van der Waals surface area contributed by atoms with E-state index in [0.29, 0.717) is 16.9 Å². The molecule has 0 atom stereocenters. The van der Waals surface area contributed by atoms with E-state index in [1.807, 2.05) is 31.2 Å². The molecule has 0 saturated carbocycles. The average molecular weight is 359 g/mol. The van der Waals surface area contributed by atoms with E-state index in [4.69, 9.17) is 4.42 Å². The van der Waals surface area contributed by atoms with Gasteiger partial charge in [-0.2, -0.15) is 0 Å². The lowest BCUT2D eigenvalue weighted by Crippen LogP contribution is -2.10. The van der Waals surface area contributed by atoms with Crippen molar-refractivity contribution in [2.45, 2.75) is 13.5 Å². The summed E-state index contributed by atoms with van der Waals surface area (Å²) < 4.78 is 31.0. The van der Waals surface area contributed by atoms with Crippen LogP contribution in [0.3, 0.4) is 0 Å². The number of anilines is 2. The highest BCUT2D eigenvalue weighted by Gasteiger charge is 2.06. The third-order valence-corrected chi connectivity index (χ3v) is 3.63. The molecule has 20 heavy (non-hydrogen) atoms. The minimum absolute atomic E-state index is 0.559. The molecule has 0 aliphatic carbocycles. The Hall–Kier alpha value is -1.47. The molecule has 108 valence electrons. The molecule has 0 spiro atoms. The van der Waals surface area contributed by atoms with Crippen molar-refractivity contribution in [1.82, 2.24) is 0 Å². The van der Waals surface area contributed by atoms with E-state index >= 15 is 0 Å². The van der Waals surface area contributed by atoms with Crippen LogP contribution in [-0.4, -0.2) is 14.7 Å². The van der Waals surface area contributed by atoms with Gasteiger partial charge < -0.3 is 9.73 Å². The summed E-state index contributed by atoms with van der Waals surface area (Å²) in [7, 11) is -3.26. The molecule has 0 aliphatic rings. The molecule has 0 amide bonds. The lowest BCUT2D eigenvalue weighted by atomic mass is 10.2. The molecule has 1 aromatic heterocycles. The van der Waals surface area contributed by atoms with Crippen molar-refractivity contribution in [3.8, 4) is 0 Å². The SMILES string of the molecule is Cc1cc(NCc2ccc(Br)o2)ccc1NS(C)(=O)=O. The number of halogens is 1. The first-order valence-electron chi connectivity index (χ1n) is 5.90. The highest BCUT2D eigenvalue weighted by Crippen LogP contribution is 2.21. The highest BCUT2D eigenvalue weighted by molar-refractivity contribution is 9.10. The van der Waals surface area contributed by atoms with Crippen molar-refractivity contribution in [2.24, 2.45) is 0 Å². The maximum atomic E-state index is 11.2. The summed E-state index contributed by atoms with van der Waals surface area (Å²) in [4.78, 5) is 0. The van der Waals surface area contributed by atoms with Gasteiger partial charge in [-0.25, -0.2) is 8.42 Å². The quantitative estimate of drug-likeness (QED) is 0.859. The Balaban J connectivity index is 2.05. The van der Waals surface area contributed by atoms with Gasteiger partial charge in [-0.05, 0) is 58.7 Å². The van der Waals surface area contributed by atoms with Crippen LogP contribution in [0.25, 0.3) is 0 Å². The fourth-order valence-electron chi connectivity index (χ4n) is 1.72. The molecule has 0 aliphatic heterocycles. The standard InChI is InChI=1S/C13H15BrN2O3S/c1-9-7-10(3-5-12(9)16-20(2,17)18)15-8-11-4-6-13(14)19-11/h3-7,15-16H,8H2,1-2H3. The van der Waals surface area contributed by atoms with E-state index in [2.05, 4.69) is 26.0 Å². The summed E-state index contributed by atoms with van der Waals surface area (Å²) in [6.45, 7) is 2.41. The zero-order valence-electron chi connectivity index (χ0n) is 11.1. The van der Waals surface area contributed by atoms with Gasteiger partial charge in [0, 0.05) is 5.69 Å². The number of hydrogen-bond acceptors (Lipinski definition) is 4. The normalized spacial score (nSPS) is 11.3. The highest BCUT2D eigenvalue weighted by atomic mass is 79.9. The van der Waals surface area contributed by atoms with Crippen LogP contribution in [0.15, 0.2) is 39.4 Å². The lowest BCUT2D eigenvalue weighted by Gasteiger charge is -2.10. The summed E-state index contributed by atoms with van der Waals surface area (Å²) in [5.41, 5.74) is 2.33. The molecule has 0 bridgehead atoms. The van der Waals surface area contributed by atoms with Crippen molar-refractivity contribution >= 4 is 37.3 Å². The zero-order chi connectivity index (χ0) is 14.8. The van der Waals surface area contributed by atoms with E-state index in [0.717, 1.165) is 23.3 Å². The van der Waals surface area contributed by atoms with Gasteiger partial charge in [0.25, 0.3) is 0 Å². The third-order valence-electron chi connectivity index (χ3n) is 2.62. The molecule has 5 nitrogen and oxygen atoms in total. The Morgan fingerprint density at radius 2 is 2.00 bits per heavy atom. The Labute approximate surface area is 126 Å². The monoisotopic (exact) mass is 358 g/mol. The summed E-state index contributed by atoms with van der Waals surface area (Å²) in [5.74, 6) is 0.813. The zero-order valence-corrected chi connectivity index (χ0v) is 13.5. The number of furan rings is 1. The van der Waals surface area contributed by atoms with E-state index in [-0.39, 0.29) is 0 Å².